The first-order chi connectivity index (χ1) is 8.84. The van der Waals surface area contributed by atoms with Crippen LogP contribution in [0.25, 0.3) is 5.57 Å². The van der Waals surface area contributed by atoms with Gasteiger partial charge >= 0.3 is 5.97 Å². The highest BCUT2D eigenvalue weighted by Gasteiger charge is 2.26. The molecule has 1 aliphatic carbocycles. The average Bonchev–Trinajstić information content (AvgIpc) is 2.66. The van der Waals surface area contributed by atoms with Crippen LogP contribution in [0.5, 0.6) is 0 Å². The number of esters is 1. The fourth-order valence-corrected chi connectivity index (χ4v) is 2.48. The van der Waals surface area contributed by atoms with E-state index in [0.717, 1.165) is 11.1 Å². The first kappa shape index (κ1) is 13.9. The quantitative estimate of drug-likeness (QED) is 0.753. The van der Waals surface area contributed by atoms with E-state index in [1.54, 1.807) is 0 Å². The minimum Gasteiger partial charge on any atom is -0.463 e. The Kier molecular flexibility index (Phi) is 3.53. The lowest BCUT2D eigenvalue weighted by Crippen LogP contribution is -2.11. The predicted molar refractivity (Wildman–Crippen MR) is 78.1 cm³/mol. The number of allylic oxidation sites excluding steroid dienone is 1. The van der Waals surface area contributed by atoms with Crippen molar-refractivity contribution < 1.29 is 9.53 Å². The Labute approximate surface area is 115 Å². The van der Waals surface area contributed by atoms with Crippen molar-refractivity contribution in [1.29, 1.82) is 0 Å². The second-order valence-electron chi connectivity index (χ2n) is 6.12. The molecule has 0 atom stereocenters. The fourth-order valence-electron chi connectivity index (χ4n) is 2.48. The number of carbonyl (C=O) groups is 1. The first-order valence-corrected chi connectivity index (χ1v) is 6.85. The van der Waals surface area contributed by atoms with E-state index in [-0.39, 0.29) is 11.4 Å². The molecule has 0 saturated carbocycles. The van der Waals surface area contributed by atoms with Gasteiger partial charge in [-0.25, -0.2) is 4.79 Å². The molecule has 2 rings (SSSR count). The Morgan fingerprint density at radius 3 is 2.58 bits per heavy atom. The van der Waals surface area contributed by atoms with Crippen LogP contribution in [0.3, 0.4) is 0 Å². The molecule has 19 heavy (non-hydrogen) atoms. The van der Waals surface area contributed by atoms with Crippen molar-refractivity contribution >= 4 is 11.5 Å². The second-order valence-corrected chi connectivity index (χ2v) is 6.12. The summed E-state index contributed by atoms with van der Waals surface area (Å²) >= 11 is 0. The topological polar surface area (TPSA) is 26.3 Å². The van der Waals surface area contributed by atoms with Crippen molar-refractivity contribution in [3.05, 3.63) is 40.5 Å². The summed E-state index contributed by atoms with van der Waals surface area (Å²) in [5.74, 6) is -0.173. The van der Waals surface area contributed by atoms with Crippen LogP contribution in [-0.4, -0.2) is 12.6 Å². The molecule has 102 valence electrons. The molecule has 0 unspecified atom stereocenters. The van der Waals surface area contributed by atoms with E-state index in [0.29, 0.717) is 13.0 Å². The second kappa shape index (κ2) is 4.84. The predicted octanol–water partition coefficient (Wildman–Crippen LogP) is 3.88. The summed E-state index contributed by atoms with van der Waals surface area (Å²) in [4.78, 5) is 11.9. The smallest absolute Gasteiger partial charge is 0.334 e. The van der Waals surface area contributed by atoms with Crippen molar-refractivity contribution in [3.63, 3.8) is 0 Å². The number of benzene rings is 1. The third kappa shape index (κ3) is 2.58. The molecule has 0 aliphatic heterocycles. The van der Waals surface area contributed by atoms with Crippen molar-refractivity contribution in [2.45, 2.75) is 46.5 Å². The van der Waals surface area contributed by atoms with Gasteiger partial charge in [-0.3, -0.25) is 0 Å². The van der Waals surface area contributed by atoms with Crippen LogP contribution in [0.2, 0.25) is 0 Å². The lowest BCUT2D eigenvalue weighted by atomic mass is 9.85. The number of hydrogen-bond acceptors (Lipinski definition) is 2. The van der Waals surface area contributed by atoms with E-state index in [2.05, 4.69) is 39.0 Å². The van der Waals surface area contributed by atoms with Crippen molar-refractivity contribution in [3.8, 4) is 0 Å². The number of fused-ring (bicyclic) bond motifs is 1. The van der Waals surface area contributed by atoms with Gasteiger partial charge in [-0.2, -0.15) is 0 Å². The number of hydrogen-bond donors (Lipinski definition) is 0. The monoisotopic (exact) mass is 258 g/mol. The summed E-state index contributed by atoms with van der Waals surface area (Å²) < 4.78 is 5.13. The zero-order chi connectivity index (χ0) is 14.2. The highest BCUT2D eigenvalue weighted by atomic mass is 16.5. The third-order valence-corrected chi connectivity index (χ3v) is 3.72. The van der Waals surface area contributed by atoms with Gasteiger partial charge in [0.2, 0.25) is 0 Å². The summed E-state index contributed by atoms with van der Waals surface area (Å²) in [5, 5.41) is 0. The van der Waals surface area contributed by atoms with Gasteiger partial charge in [0.1, 0.15) is 0 Å². The van der Waals surface area contributed by atoms with Crippen molar-refractivity contribution in [1.82, 2.24) is 0 Å². The Morgan fingerprint density at radius 2 is 2.00 bits per heavy atom. The van der Waals surface area contributed by atoms with E-state index in [4.69, 9.17) is 4.74 Å². The van der Waals surface area contributed by atoms with E-state index in [9.17, 15) is 4.79 Å². The molecule has 0 radical (unpaired) electrons. The summed E-state index contributed by atoms with van der Waals surface area (Å²) in [6, 6.07) is 6.53. The van der Waals surface area contributed by atoms with Gasteiger partial charge in [0.25, 0.3) is 0 Å². The standard InChI is InChI=1S/C17H22O2/c1-6-19-16(18)15-9-12-7-8-13(17(3,4)5)10-14(12)11(15)2/h7-8,10H,6,9H2,1-5H3. The van der Waals surface area contributed by atoms with Gasteiger partial charge in [-0.05, 0) is 41.5 Å². The Balaban J connectivity index is 2.40. The molecule has 2 nitrogen and oxygen atoms in total. The number of rotatable bonds is 2. The van der Waals surface area contributed by atoms with Gasteiger partial charge in [-0.1, -0.05) is 39.0 Å². The van der Waals surface area contributed by atoms with Crippen LogP contribution in [0.4, 0.5) is 0 Å². The molecule has 1 aromatic rings. The van der Waals surface area contributed by atoms with E-state index < -0.39 is 0 Å². The van der Waals surface area contributed by atoms with Gasteiger partial charge in [0.15, 0.2) is 0 Å². The molecule has 0 aromatic heterocycles. The molecule has 0 amide bonds. The largest absolute Gasteiger partial charge is 0.463 e. The molecule has 2 heteroatoms. The van der Waals surface area contributed by atoms with Gasteiger partial charge in [-0.15, -0.1) is 0 Å². The number of ether oxygens (including phenoxy) is 1. The zero-order valence-corrected chi connectivity index (χ0v) is 12.5. The van der Waals surface area contributed by atoms with Gasteiger partial charge in [0, 0.05) is 12.0 Å². The van der Waals surface area contributed by atoms with Gasteiger partial charge < -0.3 is 4.74 Å². The molecule has 0 spiro atoms. The van der Waals surface area contributed by atoms with Gasteiger partial charge in [0.05, 0.1) is 6.61 Å². The molecule has 0 heterocycles. The van der Waals surface area contributed by atoms with E-state index in [1.165, 1.54) is 16.7 Å². The molecule has 0 bridgehead atoms. The maximum Gasteiger partial charge on any atom is 0.334 e. The lowest BCUT2D eigenvalue weighted by Gasteiger charge is -2.20. The Morgan fingerprint density at radius 1 is 1.32 bits per heavy atom. The van der Waals surface area contributed by atoms with E-state index in [1.807, 2.05) is 13.8 Å². The van der Waals surface area contributed by atoms with Crippen LogP contribution >= 0.6 is 0 Å². The molecule has 1 aliphatic rings. The van der Waals surface area contributed by atoms with Crippen molar-refractivity contribution in [2.75, 3.05) is 6.61 Å². The minimum atomic E-state index is -0.173. The van der Waals surface area contributed by atoms with Crippen LogP contribution < -0.4 is 0 Å². The summed E-state index contributed by atoms with van der Waals surface area (Å²) in [6.45, 7) is 10.9. The third-order valence-electron chi connectivity index (χ3n) is 3.72. The van der Waals surface area contributed by atoms with Crippen LogP contribution in [0, 0.1) is 0 Å². The first-order valence-electron chi connectivity index (χ1n) is 6.85. The SMILES string of the molecule is CCOC(=O)C1=C(C)c2cc(C(C)(C)C)ccc2C1. The van der Waals surface area contributed by atoms with Crippen LogP contribution in [0.1, 0.15) is 51.3 Å². The zero-order valence-electron chi connectivity index (χ0n) is 12.5. The maximum absolute atomic E-state index is 11.9. The molecule has 0 saturated heterocycles. The maximum atomic E-state index is 11.9. The normalized spacial score (nSPS) is 14.6. The molecular formula is C17H22O2. The fraction of sp³-hybridized carbons (Fsp3) is 0.471. The van der Waals surface area contributed by atoms with Crippen LogP contribution in [0.15, 0.2) is 23.8 Å². The average molecular weight is 258 g/mol. The van der Waals surface area contributed by atoms with Crippen LogP contribution in [-0.2, 0) is 21.4 Å². The minimum absolute atomic E-state index is 0.127. The number of carbonyl (C=O) groups excluding carboxylic acids is 1. The Bertz CT molecular complexity index is 545. The Hall–Kier alpha value is -1.57. The molecule has 0 fully saturated rings. The lowest BCUT2D eigenvalue weighted by molar-refractivity contribution is -0.138. The summed E-state index contributed by atoms with van der Waals surface area (Å²) in [5.41, 5.74) is 5.74. The van der Waals surface area contributed by atoms with Crippen molar-refractivity contribution in [2.24, 2.45) is 0 Å². The molecule has 0 N–H and O–H groups in total. The molecule has 1 aromatic carbocycles. The summed E-state index contributed by atoms with van der Waals surface area (Å²) in [6.07, 6.45) is 0.699. The summed E-state index contributed by atoms with van der Waals surface area (Å²) in [7, 11) is 0. The highest BCUT2D eigenvalue weighted by Crippen LogP contribution is 2.36. The highest BCUT2D eigenvalue weighted by molar-refractivity contribution is 6.00. The van der Waals surface area contributed by atoms with E-state index >= 15 is 0 Å². The molecular weight excluding hydrogens is 236 g/mol.